The number of fused-ring (bicyclic) bond motifs is 1. The van der Waals surface area contributed by atoms with Crippen molar-refractivity contribution >= 4 is 11.0 Å². The summed E-state index contributed by atoms with van der Waals surface area (Å²) in [6.45, 7) is 6.57. The summed E-state index contributed by atoms with van der Waals surface area (Å²) in [7, 11) is 0. The first-order valence-electron chi connectivity index (χ1n) is 7.05. The molecule has 2 heterocycles. The Labute approximate surface area is 119 Å². The third kappa shape index (κ3) is 2.11. The Morgan fingerprint density at radius 3 is 2.75 bits per heavy atom. The molecule has 0 aliphatic carbocycles. The number of aromatic nitrogens is 1. The van der Waals surface area contributed by atoms with Gasteiger partial charge in [0.2, 0.25) is 0 Å². The number of pyridine rings is 1. The van der Waals surface area contributed by atoms with Crippen molar-refractivity contribution in [2.75, 3.05) is 0 Å². The number of nitrogens with zero attached hydrogens (tertiary/aromatic N) is 1. The van der Waals surface area contributed by atoms with Gasteiger partial charge >= 0.3 is 0 Å². The van der Waals surface area contributed by atoms with E-state index in [1.807, 2.05) is 12.1 Å². The van der Waals surface area contributed by atoms with Crippen molar-refractivity contribution in [1.82, 2.24) is 4.98 Å². The first-order valence-corrected chi connectivity index (χ1v) is 7.05. The van der Waals surface area contributed by atoms with Crippen molar-refractivity contribution in [3.63, 3.8) is 0 Å². The van der Waals surface area contributed by atoms with Crippen molar-refractivity contribution < 1.29 is 4.42 Å². The highest BCUT2D eigenvalue weighted by Gasteiger charge is 2.25. The maximum absolute atomic E-state index is 5.41. The monoisotopic (exact) mass is 265 g/mol. The maximum Gasteiger partial charge on any atom is 0.133 e. The summed E-state index contributed by atoms with van der Waals surface area (Å²) in [5, 5.41) is 1.14. The van der Waals surface area contributed by atoms with Crippen LogP contribution in [0.15, 0.2) is 53.1 Å². The van der Waals surface area contributed by atoms with Gasteiger partial charge in [-0.25, -0.2) is 0 Å². The van der Waals surface area contributed by atoms with Crippen LogP contribution in [0.1, 0.15) is 37.7 Å². The Balaban J connectivity index is 2.09. The van der Waals surface area contributed by atoms with Gasteiger partial charge in [-0.05, 0) is 42.3 Å². The van der Waals surface area contributed by atoms with Crippen LogP contribution in [0, 0.1) is 0 Å². The molecule has 0 unspecified atom stereocenters. The minimum atomic E-state index is -0.114. The van der Waals surface area contributed by atoms with Crippen molar-refractivity contribution in [2.45, 2.75) is 32.6 Å². The molecule has 0 atom stereocenters. The molecule has 102 valence electrons. The second-order valence-electron chi connectivity index (χ2n) is 5.67. The van der Waals surface area contributed by atoms with Gasteiger partial charge in [0.15, 0.2) is 0 Å². The van der Waals surface area contributed by atoms with Crippen LogP contribution in [-0.4, -0.2) is 4.98 Å². The number of benzene rings is 1. The van der Waals surface area contributed by atoms with Crippen LogP contribution in [0.3, 0.4) is 0 Å². The summed E-state index contributed by atoms with van der Waals surface area (Å²) in [5.41, 5.74) is 4.32. The molecule has 2 heteroatoms. The van der Waals surface area contributed by atoms with Crippen LogP contribution in [0.4, 0.5) is 0 Å². The topological polar surface area (TPSA) is 26.0 Å². The van der Waals surface area contributed by atoms with Gasteiger partial charge in [0, 0.05) is 16.5 Å². The molecule has 3 aromatic rings. The number of rotatable bonds is 3. The number of furan rings is 1. The van der Waals surface area contributed by atoms with Crippen LogP contribution < -0.4 is 0 Å². The van der Waals surface area contributed by atoms with E-state index in [9.17, 15) is 0 Å². The lowest BCUT2D eigenvalue weighted by molar-refractivity contribution is 0.607. The van der Waals surface area contributed by atoms with E-state index in [4.69, 9.17) is 9.40 Å². The zero-order valence-corrected chi connectivity index (χ0v) is 12.2. The van der Waals surface area contributed by atoms with E-state index < -0.39 is 0 Å². The molecule has 0 saturated carbocycles. The van der Waals surface area contributed by atoms with Gasteiger partial charge in [0.1, 0.15) is 5.58 Å². The quantitative estimate of drug-likeness (QED) is 0.685. The molecule has 2 aromatic heterocycles. The maximum atomic E-state index is 5.41. The third-order valence-electron chi connectivity index (χ3n) is 3.98. The first-order chi connectivity index (χ1) is 9.61. The predicted octanol–water partition coefficient (Wildman–Crippen LogP) is 4.72. The van der Waals surface area contributed by atoms with Crippen LogP contribution in [-0.2, 0) is 11.8 Å². The molecule has 1 aromatic carbocycles. The second-order valence-corrected chi connectivity index (χ2v) is 5.67. The predicted molar refractivity (Wildman–Crippen MR) is 82.0 cm³/mol. The summed E-state index contributed by atoms with van der Waals surface area (Å²) in [5.74, 6) is 0. The normalized spacial score (nSPS) is 11.9. The van der Waals surface area contributed by atoms with Crippen LogP contribution >= 0.6 is 0 Å². The zero-order chi connectivity index (χ0) is 14.2. The standard InChI is InChI=1S/C18H19NO/c1-4-15-6-5-7-17(19-15)18(2,3)14-8-9-16-13(12-14)10-11-20-16/h5-12H,4H2,1-3H3. The van der Waals surface area contributed by atoms with Gasteiger partial charge < -0.3 is 4.42 Å². The first kappa shape index (κ1) is 12.9. The van der Waals surface area contributed by atoms with Crippen molar-refractivity contribution in [3.8, 4) is 0 Å². The minimum Gasteiger partial charge on any atom is -0.464 e. The molecule has 0 amide bonds. The van der Waals surface area contributed by atoms with Crippen molar-refractivity contribution in [3.05, 3.63) is 65.7 Å². The van der Waals surface area contributed by atoms with E-state index in [0.717, 1.165) is 28.8 Å². The average Bonchev–Trinajstić information content (AvgIpc) is 2.94. The highest BCUT2D eigenvalue weighted by Crippen LogP contribution is 2.32. The summed E-state index contributed by atoms with van der Waals surface area (Å²) in [6, 6.07) is 14.7. The van der Waals surface area contributed by atoms with Crippen LogP contribution in [0.5, 0.6) is 0 Å². The Morgan fingerprint density at radius 2 is 1.95 bits per heavy atom. The van der Waals surface area contributed by atoms with E-state index in [2.05, 4.69) is 51.1 Å². The lowest BCUT2D eigenvalue weighted by Gasteiger charge is -2.25. The third-order valence-corrected chi connectivity index (χ3v) is 3.98. The molecule has 0 bridgehead atoms. The summed E-state index contributed by atoms with van der Waals surface area (Å²) >= 11 is 0. The van der Waals surface area contributed by atoms with Gasteiger partial charge in [0.05, 0.1) is 12.0 Å². The molecule has 0 aliphatic rings. The number of hydrogen-bond acceptors (Lipinski definition) is 2. The summed E-state index contributed by atoms with van der Waals surface area (Å²) < 4.78 is 5.41. The molecular weight excluding hydrogens is 246 g/mol. The Bertz CT molecular complexity index is 740. The van der Waals surface area contributed by atoms with Crippen molar-refractivity contribution in [1.29, 1.82) is 0 Å². The molecule has 0 spiro atoms. The zero-order valence-electron chi connectivity index (χ0n) is 12.2. The van der Waals surface area contributed by atoms with Gasteiger partial charge in [-0.15, -0.1) is 0 Å². The van der Waals surface area contributed by atoms with Crippen LogP contribution in [0.2, 0.25) is 0 Å². The summed E-state index contributed by atoms with van der Waals surface area (Å²) in [4.78, 5) is 4.78. The fraction of sp³-hybridized carbons (Fsp3) is 0.278. The Morgan fingerprint density at radius 1 is 1.10 bits per heavy atom. The fourth-order valence-electron chi connectivity index (χ4n) is 2.53. The lowest BCUT2D eigenvalue weighted by Crippen LogP contribution is -2.21. The fourth-order valence-corrected chi connectivity index (χ4v) is 2.53. The van der Waals surface area contributed by atoms with E-state index >= 15 is 0 Å². The van der Waals surface area contributed by atoms with Gasteiger partial charge in [0.25, 0.3) is 0 Å². The number of hydrogen-bond donors (Lipinski definition) is 0. The highest BCUT2D eigenvalue weighted by molar-refractivity contribution is 5.78. The Hall–Kier alpha value is -2.09. The second kappa shape index (κ2) is 4.78. The SMILES string of the molecule is CCc1cccc(C(C)(C)c2ccc3occc3c2)n1. The molecule has 0 saturated heterocycles. The van der Waals surface area contributed by atoms with Gasteiger partial charge in [-0.2, -0.15) is 0 Å². The molecule has 20 heavy (non-hydrogen) atoms. The molecule has 0 N–H and O–H groups in total. The lowest BCUT2D eigenvalue weighted by atomic mass is 9.80. The highest BCUT2D eigenvalue weighted by atomic mass is 16.3. The Kier molecular flexibility index (Phi) is 3.09. The van der Waals surface area contributed by atoms with E-state index in [1.54, 1.807) is 6.26 Å². The van der Waals surface area contributed by atoms with Crippen molar-refractivity contribution in [2.24, 2.45) is 0 Å². The molecule has 3 rings (SSSR count). The largest absolute Gasteiger partial charge is 0.464 e. The van der Waals surface area contributed by atoms with E-state index in [-0.39, 0.29) is 5.41 Å². The van der Waals surface area contributed by atoms with Gasteiger partial charge in [-0.3, -0.25) is 4.98 Å². The van der Waals surface area contributed by atoms with E-state index in [1.165, 1.54) is 5.56 Å². The number of aryl methyl sites for hydroxylation is 1. The smallest absolute Gasteiger partial charge is 0.133 e. The minimum absolute atomic E-state index is 0.114. The molecular formula is C18H19NO. The molecule has 2 nitrogen and oxygen atoms in total. The average molecular weight is 265 g/mol. The molecule has 0 aliphatic heterocycles. The van der Waals surface area contributed by atoms with E-state index in [0.29, 0.717) is 0 Å². The summed E-state index contributed by atoms with van der Waals surface area (Å²) in [6.07, 6.45) is 2.70. The molecule has 0 radical (unpaired) electrons. The van der Waals surface area contributed by atoms with Gasteiger partial charge in [-0.1, -0.05) is 32.9 Å². The van der Waals surface area contributed by atoms with Crippen LogP contribution in [0.25, 0.3) is 11.0 Å². The molecule has 0 fully saturated rings.